The van der Waals surface area contributed by atoms with E-state index in [1.54, 1.807) is 19.6 Å². The number of carbonyl (C=O) groups is 6. The van der Waals surface area contributed by atoms with Crippen LogP contribution < -0.4 is 0 Å². The molecule has 704 valence electrons. The molecule has 130 heavy (non-hydrogen) atoms. The topological polar surface area (TPSA) is 243 Å². The zero-order valence-electron chi connectivity index (χ0n) is 71.7. The second kappa shape index (κ2) is 38.9. The number of rotatable bonds is 11. The number of nitrogens with zero attached hydrogens (tertiary/aromatic N) is 12. The number of nitrogens with one attached hydrogen (secondary N) is 4. The van der Waals surface area contributed by atoms with Gasteiger partial charge in [0.2, 0.25) is 11.8 Å². The molecule has 16 rings (SSSR count). The molecule has 0 bridgehead atoms. The van der Waals surface area contributed by atoms with Crippen LogP contribution in [0.2, 0.25) is 0 Å². The van der Waals surface area contributed by atoms with Gasteiger partial charge in [0.25, 0.3) is 23.6 Å². The third-order valence-corrected chi connectivity index (χ3v) is 25.4. The fourth-order valence-corrected chi connectivity index (χ4v) is 18.8. The van der Waals surface area contributed by atoms with Gasteiger partial charge < -0.3 is 29.4 Å². The number of H-pyrrole nitrogens is 4. The van der Waals surface area contributed by atoms with Gasteiger partial charge in [0, 0.05) is 196 Å². The Balaban J connectivity index is 0.000000148. The van der Waals surface area contributed by atoms with Gasteiger partial charge in [0.1, 0.15) is 0 Å². The third-order valence-electron chi connectivity index (χ3n) is 25.4. The van der Waals surface area contributed by atoms with Gasteiger partial charge in [-0.2, -0.15) is 73.1 Å². The standard InChI is InChI=1S/C24H29F5N4O.C22H25F5N4O.2C21H21F5N4O2/c1-23(2,3)13-32-9-8-18-16(12-32)21(31-30-18)22(34)33-10-6-14(7-11-33)15-4-5-17(25)20(26)19(15)24(27,28)29;1-2-8-30-9-7-17-15(12-30)20(29-28-17)21(32)31-10-5-13(6-11-31)14-3-4-16(23)19(24)18(14)22(25,26)27;2*1-11(31)30-9-6-16-14(10-30)19(28-27-16)20(32)29-7-4-12(5-8-29)13-2-3-15(22)18(23)17(13)21(24,25)26/h4-5,14H,6-13H2,1-3H3,(H,30,31);3-4,13H,2,5-12H2,1H3,(H,28,29);2*2-3,12H,4-10H2,1H3,(H,27,28). The lowest BCUT2D eigenvalue weighted by Gasteiger charge is -2.34. The van der Waals surface area contributed by atoms with Gasteiger partial charge in [0.15, 0.2) is 69.3 Å². The Hall–Kier alpha value is -10.9. The van der Waals surface area contributed by atoms with Crippen molar-refractivity contribution < 1.29 is 117 Å². The number of amides is 6. The predicted molar refractivity (Wildman–Crippen MR) is 429 cm³/mol. The fourth-order valence-electron chi connectivity index (χ4n) is 18.8. The van der Waals surface area contributed by atoms with Crippen LogP contribution >= 0.6 is 0 Å². The summed E-state index contributed by atoms with van der Waals surface area (Å²) in [6.07, 6.45) is -14.8. The first-order valence-electron chi connectivity index (χ1n) is 42.8. The van der Waals surface area contributed by atoms with Crippen LogP contribution in [-0.2, 0) is 86.2 Å². The van der Waals surface area contributed by atoms with Crippen LogP contribution in [0.4, 0.5) is 87.8 Å². The van der Waals surface area contributed by atoms with Gasteiger partial charge in [-0.05, 0) is 140 Å². The monoisotopic (exact) mass is 1850 g/mol. The van der Waals surface area contributed by atoms with E-state index in [0.717, 1.165) is 116 Å². The van der Waals surface area contributed by atoms with Crippen molar-refractivity contribution in [3.05, 3.63) is 207 Å². The minimum Gasteiger partial charge on any atom is -0.338 e. The van der Waals surface area contributed by atoms with Gasteiger partial charge in [0.05, 0.1) is 22.3 Å². The average molecular weight is 1850 g/mol. The highest BCUT2D eigenvalue weighted by Gasteiger charge is 2.47. The lowest BCUT2D eigenvalue weighted by molar-refractivity contribution is -0.142. The summed E-state index contributed by atoms with van der Waals surface area (Å²) in [5.74, 6) is -17.7. The van der Waals surface area contributed by atoms with E-state index in [9.17, 15) is 117 Å². The number of carbonyl (C=O) groups excluding carboxylic acids is 6. The number of aromatic amines is 4. The Morgan fingerprint density at radius 1 is 0.331 bits per heavy atom. The predicted octanol–water partition coefficient (Wildman–Crippen LogP) is 16.9. The molecular formula is C88H96F20N16O6. The first-order chi connectivity index (χ1) is 61.2. The number of hydrogen-bond acceptors (Lipinski definition) is 12. The van der Waals surface area contributed by atoms with Crippen LogP contribution in [0.3, 0.4) is 0 Å². The average Bonchev–Trinajstić information content (AvgIpc) is 1.15. The van der Waals surface area contributed by atoms with E-state index in [2.05, 4.69) is 78.3 Å². The molecule has 22 nitrogen and oxygen atoms in total. The van der Waals surface area contributed by atoms with Crippen molar-refractivity contribution in [3.63, 3.8) is 0 Å². The highest BCUT2D eigenvalue weighted by Crippen LogP contribution is 2.47. The Morgan fingerprint density at radius 3 is 0.792 bits per heavy atom. The molecule has 4 N–H and O–H groups in total. The van der Waals surface area contributed by atoms with Gasteiger partial charge >= 0.3 is 24.7 Å². The number of hydrogen-bond donors (Lipinski definition) is 4. The van der Waals surface area contributed by atoms with E-state index in [-0.39, 0.29) is 191 Å². The lowest BCUT2D eigenvalue weighted by atomic mass is 9.85. The van der Waals surface area contributed by atoms with E-state index >= 15 is 0 Å². The number of likely N-dealkylation sites (tertiary alicyclic amines) is 4. The molecule has 4 aromatic carbocycles. The highest BCUT2D eigenvalue weighted by molar-refractivity contribution is 5.96. The first-order valence-corrected chi connectivity index (χ1v) is 42.8. The van der Waals surface area contributed by atoms with Crippen LogP contribution in [0.25, 0.3) is 0 Å². The lowest BCUT2D eigenvalue weighted by Crippen LogP contribution is -2.40. The SMILES string of the molecule is CC(=O)N1CCc2[nH]nc(C(=O)N3CCC(c4ccc(F)c(F)c4C(F)(F)F)CC3)c2C1.CC(=O)N1CCc2[nH]nc(C(=O)N3CCC(c4ccc(F)c(F)c4C(F)(F)F)CC3)c2C1.CC(C)(C)CN1CCc2[nH]nc(C(=O)N3CCC(c4ccc(F)c(F)c4C(F)(F)F)CC3)c2C1.CCCN1CCc2[nH]nc(C(=O)N3CCC(c4ccc(F)c(F)c4C(F)(F)F)CC3)c2C1. The van der Waals surface area contributed by atoms with Crippen molar-refractivity contribution in [3.8, 4) is 0 Å². The Kier molecular flexibility index (Phi) is 28.9. The Morgan fingerprint density at radius 2 is 0.562 bits per heavy atom. The van der Waals surface area contributed by atoms with Crippen LogP contribution in [-0.4, -0.2) is 207 Å². The number of aromatic nitrogens is 8. The first kappa shape index (κ1) is 96.6. The zero-order chi connectivity index (χ0) is 94.3. The summed E-state index contributed by atoms with van der Waals surface area (Å²) in [5, 5.41) is 28.3. The molecule has 8 aliphatic rings. The van der Waals surface area contributed by atoms with Crippen LogP contribution in [0, 0.1) is 52.0 Å². The van der Waals surface area contributed by atoms with Crippen LogP contribution in [0.5, 0.6) is 0 Å². The van der Waals surface area contributed by atoms with E-state index in [1.807, 2.05) is 0 Å². The Bertz CT molecular complexity index is 5340. The number of alkyl halides is 12. The van der Waals surface area contributed by atoms with Gasteiger partial charge in [-0.3, -0.25) is 59.0 Å². The summed E-state index contributed by atoms with van der Waals surface area (Å²) in [7, 11) is 0. The highest BCUT2D eigenvalue weighted by atomic mass is 19.4. The molecule has 6 amide bonds. The molecular weight excluding hydrogens is 1760 g/mol. The van der Waals surface area contributed by atoms with E-state index in [0.29, 0.717) is 73.7 Å². The molecule has 4 saturated heterocycles. The molecule has 8 aliphatic heterocycles. The second-order valence-corrected chi connectivity index (χ2v) is 35.1. The molecule has 8 aromatic rings. The smallest absolute Gasteiger partial charge is 0.338 e. The molecule has 0 unspecified atom stereocenters. The number of benzene rings is 4. The van der Waals surface area contributed by atoms with Gasteiger partial charge in [-0.1, -0.05) is 52.0 Å². The summed E-state index contributed by atoms with van der Waals surface area (Å²) >= 11 is 0. The van der Waals surface area contributed by atoms with Gasteiger partial charge in [-0.15, -0.1) is 0 Å². The molecule has 0 saturated carbocycles. The van der Waals surface area contributed by atoms with Crippen molar-refractivity contribution in [2.24, 2.45) is 5.41 Å². The quantitative estimate of drug-likeness (QED) is 0.0884. The number of fused-ring (bicyclic) bond motifs is 4. The van der Waals surface area contributed by atoms with Crippen LogP contribution in [0.15, 0.2) is 48.5 Å². The minimum atomic E-state index is -5.02. The molecule has 0 spiro atoms. The van der Waals surface area contributed by atoms with Crippen LogP contribution in [0.1, 0.15) is 254 Å². The van der Waals surface area contributed by atoms with Crippen molar-refractivity contribution >= 4 is 35.4 Å². The second-order valence-electron chi connectivity index (χ2n) is 35.1. The summed E-state index contributed by atoms with van der Waals surface area (Å²) < 4.78 is 270. The minimum absolute atomic E-state index is 0.108. The maximum Gasteiger partial charge on any atom is 0.419 e. The normalized spacial score (nSPS) is 17.8. The van der Waals surface area contributed by atoms with E-state index in [1.165, 1.54) is 23.6 Å². The van der Waals surface area contributed by atoms with E-state index in [4.69, 9.17) is 0 Å². The maximum atomic E-state index is 14.0. The summed E-state index contributed by atoms with van der Waals surface area (Å²) in [6, 6.07) is 6.84. The molecule has 4 aromatic heterocycles. The molecule has 42 heteroatoms. The van der Waals surface area contributed by atoms with Crippen molar-refractivity contribution in [2.75, 3.05) is 91.6 Å². The van der Waals surface area contributed by atoms with Gasteiger partial charge in [-0.25, -0.2) is 35.1 Å². The summed E-state index contributed by atoms with van der Waals surface area (Å²) in [5.41, 5.74) is 0.444. The molecule has 12 heterocycles. The van der Waals surface area contributed by atoms with Crippen molar-refractivity contribution in [1.82, 2.24) is 80.0 Å². The molecule has 4 fully saturated rings. The third kappa shape index (κ3) is 21.1. The Labute approximate surface area is 733 Å². The van der Waals surface area contributed by atoms with E-state index < -0.39 is 117 Å². The number of piperidine rings is 4. The summed E-state index contributed by atoms with van der Waals surface area (Å²) in [4.78, 5) is 89.7. The molecule has 0 atom stereocenters. The summed E-state index contributed by atoms with van der Waals surface area (Å²) in [6.45, 7) is 19.4. The largest absolute Gasteiger partial charge is 0.419 e. The zero-order valence-corrected chi connectivity index (χ0v) is 71.7. The van der Waals surface area contributed by atoms with Crippen molar-refractivity contribution in [1.29, 1.82) is 0 Å². The maximum absolute atomic E-state index is 14.0. The molecule has 0 aliphatic carbocycles. The number of halogens is 20. The molecule has 0 radical (unpaired) electrons. The van der Waals surface area contributed by atoms with Crippen molar-refractivity contribution in [2.45, 2.75) is 200 Å². The fraction of sp³-hybridized carbons (Fsp3) is 0.523.